The molecule has 0 fully saturated rings. The lowest BCUT2D eigenvalue weighted by Gasteiger charge is -2.16. The minimum atomic E-state index is -0.501. The number of thioether (sulfide) groups is 1. The highest BCUT2D eigenvalue weighted by atomic mass is 32.2. The van der Waals surface area contributed by atoms with E-state index in [9.17, 15) is 0 Å². The van der Waals surface area contributed by atoms with Gasteiger partial charge in [0.15, 0.2) is 11.5 Å². The molecule has 1 aliphatic rings. The lowest BCUT2D eigenvalue weighted by atomic mass is 10.1. The second-order valence-corrected chi connectivity index (χ2v) is 7.67. The van der Waals surface area contributed by atoms with Gasteiger partial charge in [-0.2, -0.15) is 4.98 Å². The highest BCUT2D eigenvalue weighted by molar-refractivity contribution is 7.98. The molecule has 0 saturated carbocycles. The summed E-state index contributed by atoms with van der Waals surface area (Å²) < 4.78 is 11.7. The number of fused-ring (bicyclic) bond motifs is 3. The maximum atomic E-state index is 6.16. The van der Waals surface area contributed by atoms with E-state index >= 15 is 0 Å². The third kappa shape index (κ3) is 3.69. The van der Waals surface area contributed by atoms with Gasteiger partial charge in [0, 0.05) is 17.0 Å². The monoisotopic (exact) mass is 402 g/mol. The van der Waals surface area contributed by atoms with Gasteiger partial charge in [0.2, 0.25) is 17.3 Å². The molecule has 1 atom stereocenters. The average Bonchev–Trinajstić information content (AvgIpc) is 3.23. The summed E-state index contributed by atoms with van der Waals surface area (Å²) in [5.74, 6) is 1.86. The number of hydrogen-bond donors (Lipinski definition) is 1. The first-order valence-corrected chi connectivity index (χ1v) is 10.2. The fourth-order valence-electron chi connectivity index (χ4n) is 3.11. The second kappa shape index (κ2) is 7.60. The van der Waals surface area contributed by atoms with Crippen molar-refractivity contribution in [2.75, 3.05) is 5.32 Å². The fraction of sp³-hybridized carbons (Fsp3) is 0.136. The Kier molecular flexibility index (Phi) is 4.65. The molecule has 0 amide bonds. The number of anilines is 1. The van der Waals surface area contributed by atoms with Crippen LogP contribution in [0.15, 0.2) is 76.5 Å². The van der Waals surface area contributed by atoms with Crippen LogP contribution in [0.1, 0.15) is 23.1 Å². The van der Waals surface area contributed by atoms with Crippen LogP contribution in [-0.4, -0.2) is 15.2 Å². The van der Waals surface area contributed by atoms with Crippen LogP contribution in [0, 0.1) is 6.92 Å². The molecule has 0 unspecified atom stereocenters. The largest absolute Gasteiger partial charge is 0.463 e. The number of para-hydroxylation sites is 1. The van der Waals surface area contributed by atoms with Crippen LogP contribution in [-0.2, 0) is 5.75 Å². The summed E-state index contributed by atoms with van der Waals surface area (Å²) in [6.45, 7) is 2.08. The molecule has 7 heteroatoms. The van der Waals surface area contributed by atoms with Gasteiger partial charge < -0.3 is 14.5 Å². The van der Waals surface area contributed by atoms with Crippen LogP contribution in [0.4, 0.5) is 5.69 Å². The quantitative estimate of drug-likeness (QED) is 0.468. The highest BCUT2D eigenvalue weighted by Gasteiger charge is 2.27. The first-order valence-electron chi connectivity index (χ1n) is 9.25. The van der Waals surface area contributed by atoms with Crippen molar-refractivity contribution in [2.45, 2.75) is 24.1 Å². The molecular formula is C22H18N4O2S. The number of ether oxygens (including phenoxy) is 1. The normalized spacial score (nSPS) is 14.9. The van der Waals surface area contributed by atoms with Gasteiger partial charge in [0.1, 0.15) is 0 Å². The number of hydrogen-bond acceptors (Lipinski definition) is 7. The zero-order valence-electron chi connectivity index (χ0n) is 15.7. The zero-order valence-corrected chi connectivity index (χ0v) is 16.5. The summed E-state index contributed by atoms with van der Waals surface area (Å²) in [5, 5.41) is 12.7. The summed E-state index contributed by atoms with van der Waals surface area (Å²) in [7, 11) is 0. The van der Waals surface area contributed by atoms with Crippen LogP contribution < -0.4 is 10.1 Å². The third-order valence-electron chi connectivity index (χ3n) is 4.62. The third-order valence-corrected chi connectivity index (χ3v) is 5.53. The number of rotatable bonds is 4. The number of nitrogens with zero attached hydrogens (tertiary/aromatic N) is 3. The van der Waals surface area contributed by atoms with E-state index in [2.05, 4.69) is 51.7 Å². The van der Waals surface area contributed by atoms with Crippen LogP contribution in [0.2, 0.25) is 0 Å². The van der Waals surface area contributed by atoms with Gasteiger partial charge in [-0.05, 0) is 30.7 Å². The standard InChI is InChI=1S/C22H18N4O2S/c1-14-8-10-15(11-9-14)13-29-22-24-21-19(25-26-22)16-5-2-3-6-17(16)23-20(28-21)18-7-4-12-27-18/h2-12,20,23H,13H2,1H3/t20-/m1/s1. The summed E-state index contributed by atoms with van der Waals surface area (Å²) in [5.41, 5.74) is 4.85. The number of benzene rings is 2. The van der Waals surface area contributed by atoms with E-state index in [0.29, 0.717) is 22.5 Å². The number of aromatic nitrogens is 3. The molecule has 0 saturated heterocycles. The minimum Gasteiger partial charge on any atom is -0.463 e. The maximum absolute atomic E-state index is 6.16. The summed E-state index contributed by atoms with van der Waals surface area (Å²) in [6, 6.07) is 20.0. The Morgan fingerprint density at radius 2 is 1.86 bits per heavy atom. The van der Waals surface area contributed by atoms with Crippen LogP contribution >= 0.6 is 11.8 Å². The predicted octanol–water partition coefficient (Wildman–Crippen LogP) is 5.24. The van der Waals surface area contributed by atoms with Crippen molar-refractivity contribution in [3.05, 3.63) is 83.8 Å². The molecule has 29 heavy (non-hydrogen) atoms. The Bertz CT molecular complexity index is 1130. The SMILES string of the molecule is Cc1ccc(CSc2nnc3c(n2)O[C@H](c2ccco2)Nc2ccccc2-3)cc1. The molecule has 5 rings (SSSR count). The smallest absolute Gasteiger partial charge is 0.247 e. The average molecular weight is 402 g/mol. The van der Waals surface area contributed by atoms with Crippen molar-refractivity contribution in [1.82, 2.24) is 15.2 Å². The van der Waals surface area contributed by atoms with Crippen molar-refractivity contribution >= 4 is 17.4 Å². The van der Waals surface area contributed by atoms with Crippen molar-refractivity contribution in [1.29, 1.82) is 0 Å². The van der Waals surface area contributed by atoms with E-state index in [0.717, 1.165) is 17.0 Å². The highest BCUT2D eigenvalue weighted by Crippen LogP contribution is 2.39. The second-order valence-electron chi connectivity index (χ2n) is 6.73. The van der Waals surface area contributed by atoms with Gasteiger partial charge in [0.05, 0.1) is 6.26 Å². The van der Waals surface area contributed by atoms with Crippen LogP contribution in [0.25, 0.3) is 11.3 Å². The Hall–Kier alpha value is -3.32. The molecule has 1 aliphatic heterocycles. The van der Waals surface area contributed by atoms with E-state index in [1.807, 2.05) is 36.4 Å². The van der Waals surface area contributed by atoms with E-state index in [-0.39, 0.29) is 0 Å². The van der Waals surface area contributed by atoms with E-state index < -0.39 is 6.23 Å². The molecule has 0 aliphatic carbocycles. The van der Waals surface area contributed by atoms with Gasteiger partial charge >= 0.3 is 0 Å². The lowest BCUT2D eigenvalue weighted by Crippen LogP contribution is -2.16. The zero-order chi connectivity index (χ0) is 19.6. The summed E-state index contributed by atoms with van der Waals surface area (Å²) in [4.78, 5) is 4.65. The predicted molar refractivity (Wildman–Crippen MR) is 112 cm³/mol. The molecule has 3 heterocycles. The van der Waals surface area contributed by atoms with Crippen LogP contribution in [0.3, 0.4) is 0 Å². The van der Waals surface area contributed by atoms with Gasteiger partial charge in [0.25, 0.3) is 0 Å². The van der Waals surface area contributed by atoms with Gasteiger partial charge in [-0.3, -0.25) is 0 Å². The Morgan fingerprint density at radius 3 is 2.69 bits per heavy atom. The molecule has 0 bridgehead atoms. The molecular weight excluding hydrogens is 384 g/mol. The molecule has 6 nitrogen and oxygen atoms in total. The first kappa shape index (κ1) is 17.8. The van der Waals surface area contributed by atoms with Crippen molar-refractivity contribution in [3.8, 4) is 17.1 Å². The molecule has 4 aromatic rings. The minimum absolute atomic E-state index is 0.435. The van der Waals surface area contributed by atoms with Gasteiger partial charge in [-0.15, -0.1) is 10.2 Å². The topological polar surface area (TPSA) is 73.1 Å². The van der Waals surface area contributed by atoms with Gasteiger partial charge in [-0.1, -0.05) is 59.8 Å². The maximum Gasteiger partial charge on any atom is 0.247 e. The number of aryl methyl sites for hydroxylation is 1. The van der Waals surface area contributed by atoms with E-state index in [1.165, 1.54) is 22.9 Å². The fourth-order valence-corrected chi connectivity index (χ4v) is 3.84. The number of furan rings is 1. The molecule has 0 spiro atoms. The Labute approximate surface area is 172 Å². The number of nitrogens with one attached hydrogen (secondary N) is 1. The van der Waals surface area contributed by atoms with E-state index in [1.54, 1.807) is 6.26 Å². The first-order chi connectivity index (χ1) is 14.3. The Balaban J connectivity index is 1.47. The molecule has 0 radical (unpaired) electrons. The molecule has 2 aromatic carbocycles. The summed E-state index contributed by atoms with van der Waals surface area (Å²) >= 11 is 1.53. The van der Waals surface area contributed by atoms with E-state index in [4.69, 9.17) is 9.15 Å². The lowest BCUT2D eigenvalue weighted by molar-refractivity contribution is 0.195. The van der Waals surface area contributed by atoms with Crippen molar-refractivity contribution in [2.24, 2.45) is 0 Å². The molecule has 144 valence electrons. The van der Waals surface area contributed by atoms with Crippen LogP contribution in [0.5, 0.6) is 5.88 Å². The van der Waals surface area contributed by atoms with Gasteiger partial charge in [-0.25, -0.2) is 0 Å². The van der Waals surface area contributed by atoms with Crippen molar-refractivity contribution < 1.29 is 9.15 Å². The summed E-state index contributed by atoms with van der Waals surface area (Å²) in [6.07, 6.45) is 1.12. The Morgan fingerprint density at radius 1 is 1.00 bits per heavy atom. The van der Waals surface area contributed by atoms with Crippen molar-refractivity contribution in [3.63, 3.8) is 0 Å². The molecule has 1 N–H and O–H groups in total. The molecule has 2 aromatic heterocycles.